The zero-order valence-corrected chi connectivity index (χ0v) is 17.0. The summed E-state index contributed by atoms with van der Waals surface area (Å²) in [6.45, 7) is 5.72. The number of rotatable bonds is 4. The Morgan fingerprint density at radius 3 is 2.81 bits per heavy atom. The summed E-state index contributed by atoms with van der Waals surface area (Å²) < 4.78 is 1.84. The van der Waals surface area contributed by atoms with Crippen molar-refractivity contribution in [3.8, 4) is 5.69 Å². The van der Waals surface area contributed by atoms with Crippen molar-refractivity contribution in [2.45, 2.75) is 38.6 Å². The van der Waals surface area contributed by atoms with Crippen LogP contribution in [0.2, 0.25) is 5.02 Å². The van der Waals surface area contributed by atoms with Crippen LogP contribution in [0.25, 0.3) is 5.69 Å². The Hall–Kier alpha value is -1.56. The first-order valence-corrected chi connectivity index (χ1v) is 9.19. The minimum atomic E-state index is 0. The Morgan fingerprint density at radius 1 is 1.38 bits per heavy atom. The highest BCUT2D eigenvalue weighted by molar-refractivity contribution is 6.30. The molecular formula is C19H26Cl2N4O. The molecule has 1 atom stereocenters. The minimum Gasteiger partial charge on any atom is -0.337 e. The zero-order valence-electron chi connectivity index (χ0n) is 15.4. The van der Waals surface area contributed by atoms with Gasteiger partial charge in [0.2, 0.25) is 0 Å². The summed E-state index contributed by atoms with van der Waals surface area (Å²) in [6, 6.07) is 7.92. The second-order valence-electron chi connectivity index (χ2n) is 6.87. The fourth-order valence-electron chi connectivity index (χ4n) is 3.46. The molecule has 0 saturated carbocycles. The van der Waals surface area contributed by atoms with Gasteiger partial charge >= 0.3 is 0 Å². The van der Waals surface area contributed by atoms with Crippen LogP contribution in [0.3, 0.4) is 0 Å². The topological polar surface area (TPSA) is 50.2 Å². The Balaban J connectivity index is 0.00000243. The van der Waals surface area contributed by atoms with Gasteiger partial charge in [-0.2, -0.15) is 5.10 Å². The fourth-order valence-corrected chi connectivity index (χ4v) is 3.64. The Kier molecular flexibility index (Phi) is 7.09. The van der Waals surface area contributed by atoms with Gasteiger partial charge in [0.1, 0.15) is 0 Å². The number of nitrogens with zero attached hydrogens (tertiary/aromatic N) is 3. The van der Waals surface area contributed by atoms with E-state index in [2.05, 4.69) is 24.3 Å². The maximum Gasteiger partial charge on any atom is 0.257 e. The van der Waals surface area contributed by atoms with Gasteiger partial charge in [-0.05, 0) is 44.0 Å². The minimum absolute atomic E-state index is 0. The summed E-state index contributed by atoms with van der Waals surface area (Å²) >= 11 is 6.13. The monoisotopic (exact) mass is 396 g/mol. The SMILES string of the molecule is CNC1CCCN(C(=O)c2cnn(-c3cccc(Cl)c3)c2C(C)C)C1.Cl. The molecule has 1 aromatic carbocycles. The van der Waals surface area contributed by atoms with Crippen LogP contribution in [0.15, 0.2) is 30.5 Å². The molecule has 0 aliphatic carbocycles. The average molecular weight is 397 g/mol. The van der Waals surface area contributed by atoms with Gasteiger partial charge in [0.15, 0.2) is 0 Å². The average Bonchev–Trinajstić information content (AvgIpc) is 3.06. The van der Waals surface area contributed by atoms with Gasteiger partial charge in [-0.25, -0.2) is 4.68 Å². The highest BCUT2D eigenvalue weighted by atomic mass is 35.5. The van der Waals surface area contributed by atoms with E-state index in [-0.39, 0.29) is 24.2 Å². The van der Waals surface area contributed by atoms with Crippen LogP contribution in [0, 0.1) is 0 Å². The molecule has 0 spiro atoms. The van der Waals surface area contributed by atoms with Crippen LogP contribution in [0.5, 0.6) is 0 Å². The third-order valence-electron chi connectivity index (χ3n) is 4.75. The summed E-state index contributed by atoms with van der Waals surface area (Å²) in [5, 5.41) is 8.44. The number of hydrogen-bond donors (Lipinski definition) is 1. The zero-order chi connectivity index (χ0) is 18.0. The van der Waals surface area contributed by atoms with Crippen LogP contribution in [-0.4, -0.2) is 46.8 Å². The van der Waals surface area contributed by atoms with Crippen molar-refractivity contribution in [3.63, 3.8) is 0 Å². The molecule has 1 saturated heterocycles. The van der Waals surface area contributed by atoms with Crippen LogP contribution >= 0.6 is 24.0 Å². The molecule has 0 bridgehead atoms. The molecule has 1 N–H and O–H groups in total. The Labute approximate surface area is 166 Å². The first-order chi connectivity index (χ1) is 12.0. The Bertz CT molecular complexity index is 760. The number of hydrogen-bond acceptors (Lipinski definition) is 3. The van der Waals surface area contributed by atoms with Gasteiger partial charge < -0.3 is 10.2 Å². The van der Waals surface area contributed by atoms with E-state index in [1.807, 2.05) is 40.9 Å². The molecule has 2 heterocycles. The second-order valence-corrected chi connectivity index (χ2v) is 7.31. The molecule has 2 aromatic rings. The number of aromatic nitrogens is 2. The number of piperidine rings is 1. The van der Waals surface area contributed by atoms with Crippen molar-refractivity contribution < 1.29 is 4.79 Å². The molecule has 3 rings (SSSR count). The quantitative estimate of drug-likeness (QED) is 0.852. The summed E-state index contributed by atoms with van der Waals surface area (Å²) in [7, 11) is 1.95. The van der Waals surface area contributed by atoms with Crippen LogP contribution in [0.4, 0.5) is 0 Å². The van der Waals surface area contributed by atoms with E-state index < -0.39 is 0 Å². The van der Waals surface area contributed by atoms with E-state index in [9.17, 15) is 4.79 Å². The molecule has 1 aliphatic heterocycles. The van der Waals surface area contributed by atoms with Crippen LogP contribution < -0.4 is 5.32 Å². The van der Waals surface area contributed by atoms with E-state index in [1.165, 1.54) is 0 Å². The van der Waals surface area contributed by atoms with Gasteiger partial charge in [0.05, 0.1) is 23.1 Å². The van der Waals surface area contributed by atoms with Gasteiger partial charge in [-0.1, -0.05) is 31.5 Å². The second kappa shape index (κ2) is 8.89. The van der Waals surface area contributed by atoms with Crippen molar-refractivity contribution in [3.05, 3.63) is 46.7 Å². The van der Waals surface area contributed by atoms with Gasteiger partial charge in [-0.15, -0.1) is 12.4 Å². The third kappa shape index (κ3) is 4.22. The molecule has 0 radical (unpaired) electrons. The number of halogens is 2. The third-order valence-corrected chi connectivity index (χ3v) is 4.99. The first kappa shape index (κ1) is 20.7. The smallest absolute Gasteiger partial charge is 0.257 e. The summed E-state index contributed by atoms with van der Waals surface area (Å²) in [5.74, 6) is 0.238. The normalized spacial score (nSPS) is 17.3. The van der Waals surface area contributed by atoms with Gasteiger partial charge in [0, 0.05) is 24.2 Å². The summed E-state index contributed by atoms with van der Waals surface area (Å²) in [5.41, 5.74) is 2.49. The fraction of sp³-hybridized carbons (Fsp3) is 0.474. The van der Waals surface area contributed by atoms with Crippen molar-refractivity contribution in [2.24, 2.45) is 0 Å². The van der Waals surface area contributed by atoms with Gasteiger partial charge in [0.25, 0.3) is 5.91 Å². The molecule has 1 aliphatic rings. The first-order valence-electron chi connectivity index (χ1n) is 8.81. The predicted octanol–water partition coefficient (Wildman–Crippen LogP) is 3.89. The largest absolute Gasteiger partial charge is 0.337 e. The number of likely N-dealkylation sites (tertiary alicyclic amines) is 1. The lowest BCUT2D eigenvalue weighted by Gasteiger charge is -2.32. The van der Waals surface area contributed by atoms with Crippen LogP contribution in [0.1, 0.15) is 48.7 Å². The highest BCUT2D eigenvalue weighted by Crippen LogP contribution is 2.26. The standard InChI is InChI=1S/C19H25ClN4O.ClH/c1-13(2)18-17(19(25)23-9-5-7-15(12-23)21-3)11-22-24(18)16-8-4-6-14(20)10-16;/h4,6,8,10-11,13,15,21H,5,7,9,12H2,1-3H3;1H. The predicted molar refractivity (Wildman–Crippen MR) is 108 cm³/mol. The number of nitrogens with one attached hydrogen (secondary N) is 1. The maximum atomic E-state index is 13.1. The molecule has 1 fully saturated rings. The molecule has 1 unspecified atom stereocenters. The molecule has 5 nitrogen and oxygen atoms in total. The van der Waals surface area contributed by atoms with Crippen LogP contribution in [-0.2, 0) is 0 Å². The Morgan fingerprint density at radius 2 is 2.15 bits per heavy atom. The van der Waals surface area contributed by atoms with E-state index in [0.29, 0.717) is 16.6 Å². The number of benzene rings is 1. The van der Waals surface area contributed by atoms with E-state index in [0.717, 1.165) is 37.3 Å². The molecule has 1 aromatic heterocycles. The van der Waals surface area contributed by atoms with Crippen molar-refractivity contribution in [1.29, 1.82) is 0 Å². The lowest BCUT2D eigenvalue weighted by atomic mass is 10.0. The maximum absolute atomic E-state index is 13.1. The van der Waals surface area contributed by atoms with Crippen molar-refractivity contribution >= 4 is 29.9 Å². The number of likely N-dealkylation sites (N-methyl/N-ethyl adjacent to an activating group) is 1. The molecule has 7 heteroatoms. The lowest BCUT2D eigenvalue weighted by molar-refractivity contribution is 0.0696. The van der Waals surface area contributed by atoms with E-state index in [4.69, 9.17) is 11.6 Å². The summed E-state index contributed by atoms with van der Waals surface area (Å²) in [4.78, 5) is 15.1. The summed E-state index contributed by atoms with van der Waals surface area (Å²) in [6.07, 6.45) is 3.83. The lowest BCUT2D eigenvalue weighted by Crippen LogP contribution is -2.47. The molecule has 26 heavy (non-hydrogen) atoms. The molecule has 142 valence electrons. The number of amides is 1. The highest BCUT2D eigenvalue weighted by Gasteiger charge is 2.28. The van der Waals surface area contributed by atoms with E-state index in [1.54, 1.807) is 6.20 Å². The number of carbonyl (C=O) groups excluding carboxylic acids is 1. The molecule has 1 amide bonds. The van der Waals surface area contributed by atoms with E-state index >= 15 is 0 Å². The van der Waals surface area contributed by atoms with Crippen molar-refractivity contribution in [2.75, 3.05) is 20.1 Å². The number of carbonyl (C=O) groups is 1. The molecular weight excluding hydrogens is 371 g/mol. The van der Waals surface area contributed by atoms with Gasteiger partial charge in [-0.3, -0.25) is 4.79 Å². The van der Waals surface area contributed by atoms with Crippen molar-refractivity contribution in [1.82, 2.24) is 20.0 Å².